The second-order valence-corrected chi connectivity index (χ2v) is 9.85. The standard InChI is InChI=1S/C15H28N2O3Si.C7H16.ClH/c1-18-21(19-2,14-6-11-17-12-10-16)20-13-9-15-7-4-3-5-8-15;1-3-5-7-6-4-2;/h3-5,7-8,17H,6,9-14,16H2,1-2H3;3-7H2,1-2H3;1H. The minimum Gasteiger partial charge on any atom is -0.377 e. The highest BCUT2D eigenvalue weighted by Crippen LogP contribution is 2.16. The molecule has 1 aromatic carbocycles. The van der Waals surface area contributed by atoms with Crippen molar-refractivity contribution in [3.63, 3.8) is 0 Å². The molecule has 0 aromatic heterocycles. The van der Waals surface area contributed by atoms with Gasteiger partial charge in [0, 0.05) is 40.0 Å². The number of hydrogen-bond acceptors (Lipinski definition) is 5. The molecule has 0 fully saturated rings. The fourth-order valence-corrected chi connectivity index (χ4v) is 4.76. The van der Waals surface area contributed by atoms with Crippen LogP contribution < -0.4 is 11.1 Å². The van der Waals surface area contributed by atoms with E-state index in [-0.39, 0.29) is 12.4 Å². The van der Waals surface area contributed by atoms with Crippen LogP contribution in [-0.2, 0) is 19.7 Å². The van der Waals surface area contributed by atoms with Crippen molar-refractivity contribution in [1.82, 2.24) is 5.32 Å². The van der Waals surface area contributed by atoms with E-state index in [1.54, 1.807) is 14.2 Å². The molecule has 0 saturated heterocycles. The van der Waals surface area contributed by atoms with Crippen molar-refractivity contribution < 1.29 is 13.3 Å². The van der Waals surface area contributed by atoms with E-state index in [0.29, 0.717) is 13.2 Å². The summed E-state index contributed by atoms with van der Waals surface area (Å²) in [5.41, 5.74) is 6.70. The van der Waals surface area contributed by atoms with Gasteiger partial charge in [0.2, 0.25) is 0 Å². The zero-order chi connectivity index (χ0) is 20.9. The van der Waals surface area contributed by atoms with Crippen molar-refractivity contribution in [1.29, 1.82) is 0 Å². The third-order valence-corrected chi connectivity index (χ3v) is 7.40. The molecule has 0 heterocycles. The van der Waals surface area contributed by atoms with Crippen LogP contribution in [0.15, 0.2) is 30.3 Å². The van der Waals surface area contributed by atoms with Gasteiger partial charge in [-0.2, -0.15) is 0 Å². The number of halogens is 1. The van der Waals surface area contributed by atoms with Crippen LogP contribution in [0.4, 0.5) is 0 Å². The van der Waals surface area contributed by atoms with Crippen LogP contribution >= 0.6 is 12.4 Å². The van der Waals surface area contributed by atoms with Gasteiger partial charge in [-0.3, -0.25) is 0 Å². The Kier molecular flexibility index (Phi) is 23.5. The van der Waals surface area contributed by atoms with E-state index >= 15 is 0 Å². The van der Waals surface area contributed by atoms with Gasteiger partial charge in [0.15, 0.2) is 0 Å². The summed E-state index contributed by atoms with van der Waals surface area (Å²) in [5.74, 6) is 0. The van der Waals surface area contributed by atoms with Gasteiger partial charge in [-0.1, -0.05) is 76.3 Å². The van der Waals surface area contributed by atoms with Gasteiger partial charge in [0.25, 0.3) is 0 Å². The molecule has 3 N–H and O–H groups in total. The van der Waals surface area contributed by atoms with Gasteiger partial charge >= 0.3 is 8.80 Å². The minimum absolute atomic E-state index is 0. The molecule has 0 spiro atoms. The van der Waals surface area contributed by atoms with Gasteiger partial charge in [0.1, 0.15) is 0 Å². The quantitative estimate of drug-likeness (QED) is 0.280. The molecule has 5 nitrogen and oxygen atoms in total. The average molecular weight is 449 g/mol. The fourth-order valence-electron chi connectivity index (χ4n) is 2.78. The lowest BCUT2D eigenvalue weighted by molar-refractivity contribution is 0.0988. The van der Waals surface area contributed by atoms with E-state index in [9.17, 15) is 0 Å². The summed E-state index contributed by atoms with van der Waals surface area (Å²) in [6.45, 7) is 7.51. The van der Waals surface area contributed by atoms with Crippen molar-refractivity contribution in [2.45, 2.75) is 64.8 Å². The van der Waals surface area contributed by atoms with E-state index in [1.165, 1.54) is 37.7 Å². The lowest BCUT2D eigenvalue weighted by atomic mass is 10.2. The van der Waals surface area contributed by atoms with E-state index in [0.717, 1.165) is 32.0 Å². The maximum atomic E-state index is 5.98. The predicted octanol–water partition coefficient (Wildman–Crippen LogP) is 4.81. The molecule has 0 amide bonds. The Labute approximate surface area is 186 Å². The summed E-state index contributed by atoms with van der Waals surface area (Å²) in [5, 5.41) is 3.27. The van der Waals surface area contributed by atoms with Gasteiger partial charge in [0.05, 0.1) is 0 Å². The summed E-state index contributed by atoms with van der Waals surface area (Å²) in [6, 6.07) is 11.1. The SMILES string of the molecule is CCCCCCC.CO[Si](CCCNCCN)(OC)OCCc1ccccc1.Cl. The van der Waals surface area contributed by atoms with Crippen molar-refractivity contribution >= 4 is 21.2 Å². The first-order chi connectivity index (χ1) is 13.7. The molecule has 1 rings (SSSR count). The van der Waals surface area contributed by atoms with Gasteiger partial charge in [-0.15, -0.1) is 12.4 Å². The highest BCUT2D eigenvalue weighted by Gasteiger charge is 2.38. The van der Waals surface area contributed by atoms with Gasteiger partial charge in [-0.05, 0) is 24.9 Å². The summed E-state index contributed by atoms with van der Waals surface area (Å²) >= 11 is 0. The largest absolute Gasteiger partial charge is 0.500 e. The normalized spacial score (nSPS) is 10.8. The predicted molar refractivity (Wildman–Crippen MR) is 129 cm³/mol. The van der Waals surface area contributed by atoms with Crippen LogP contribution in [-0.4, -0.2) is 49.3 Å². The summed E-state index contributed by atoms with van der Waals surface area (Å²) in [6.07, 6.45) is 8.83. The van der Waals surface area contributed by atoms with Crippen LogP contribution in [0.25, 0.3) is 0 Å². The number of nitrogens with two attached hydrogens (primary N) is 1. The molecule has 7 heteroatoms. The zero-order valence-corrected chi connectivity index (χ0v) is 20.9. The van der Waals surface area contributed by atoms with E-state index in [2.05, 4.69) is 31.3 Å². The van der Waals surface area contributed by atoms with Crippen molar-refractivity contribution in [3.8, 4) is 0 Å². The summed E-state index contributed by atoms with van der Waals surface area (Å²) < 4.78 is 17.1. The van der Waals surface area contributed by atoms with Crippen LogP contribution in [0.5, 0.6) is 0 Å². The number of unbranched alkanes of at least 4 members (excludes halogenated alkanes) is 4. The Hall–Kier alpha value is -0.473. The van der Waals surface area contributed by atoms with Crippen LogP contribution in [0.2, 0.25) is 6.04 Å². The first kappa shape index (κ1) is 30.7. The van der Waals surface area contributed by atoms with Crippen LogP contribution in [0.3, 0.4) is 0 Å². The molecule has 0 unspecified atom stereocenters. The summed E-state index contributed by atoms with van der Waals surface area (Å²) in [4.78, 5) is 0. The Morgan fingerprint density at radius 1 is 0.897 bits per heavy atom. The molecular weight excluding hydrogens is 404 g/mol. The van der Waals surface area contributed by atoms with Gasteiger partial charge in [-0.25, -0.2) is 0 Å². The molecule has 0 radical (unpaired) electrons. The zero-order valence-electron chi connectivity index (χ0n) is 19.1. The number of hydrogen-bond donors (Lipinski definition) is 2. The third-order valence-electron chi connectivity index (χ3n) is 4.54. The van der Waals surface area contributed by atoms with Crippen molar-refractivity contribution in [2.24, 2.45) is 5.73 Å². The van der Waals surface area contributed by atoms with Crippen LogP contribution in [0, 0.1) is 0 Å². The topological polar surface area (TPSA) is 65.7 Å². The molecule has 29 heavy (non-hydrogen) atoms. The van der Waals surface area contributed by atoms with E-state index < -0.39 is 8.80 Å². The maximum Gasteiger partial charge on any atom is 0.500 e. The summed E-state index contributed by atoms with van der Waals surface area (Å²) in [7, 11) is 0.816. The molecule has 1 aromatic rings. The monoisotopic (exact) mass is 448 g/mol. The first-order valence-electron chi connectivity index (χ1n) is 10.9. The maximum absolute atomic E-state index is 5.98. The Morgan fingerprint density at radius 3 is 2.03 bits per heavy atom. The van der Waals surface area contributed by atoms with E-state index in [1.807, 2.05) is 18.2 Å². The molecule has 0 aliphatic carbocycles. The van der Waals surface area contributed by atoms with Crippen molar-refractivity contribution in [3.05, 3.63) is 35.9 Å². The highest BCUT2D eigenvalue weighted by molar-refractivity contribution is 6.60. The molecule has 172 valence electrons. The van der Waals surface area contributed by atoms with Crippen LogP contribution in [0.1, 0.15) is 57.9 Å². The second kappa shape index (κ2) is 22.2. The minimum atomic E-state index is -2.53. The molecule has 0 saturated carbocycles. The molecule has 0 aliphatic rings. The third kappa shape index (κ3) is 17.0. The molecule has 0 aliphatic heterocycles. The molecular formula is C22H45ClN2O3Si. The van der Waals surface area contributed by atoms with E-state index in [4.69, 9.17) is 19.0 Å². The Balaban J connectivity index is 0. The molecule has 0 atom stereocenters. The molecule has 0 bridgehead atoms. The first-order valence-corrected chi connectivity index (χ1v) is 12.8. The number of benzene rings is 1. The lowest BCUT2D eigenvalue weighted by Gasteiger charge is -2.26. The average Bonchev–Trinajstić information content (AvgIpc) is 2.74. The highest BCUT2D eigenvalue weighted by atomic mass is 35.5. The Morgan fingerprint density at radius 2 is 1.52 bits per heavy atom. The number of rotatable bonds is 16. The fraction of sp³-hybridized carbons (Fsp3) is 0.727. The second-order valence-electron chi connectivity index (χ2n) is 6.88. The van der Waals surface area contributed by atoms with Crippen molar-refractivity contribution in [2.75, 3.05) is 40.5 Å². The lowest BCUT2D eigenvalue weighted by Crippen LogP contribution is -2.44. The smallest absolute Gasteiger partial charge is 0.377 e. The number of nitrogens with one attached hydrogen (secondary N) is 1. The van der Waals surface area contributed by atoms with Gasteiger partial charge < -0.3 is 24.3 Å². The Bertz CT molecular complexity index is 433.